The Bertz CT molecular complexity index is 372. The van der Waals surface area contributed by atoms with Gasteiger partial charge in [0, 0.05) is 10.0 Å². The maximum atomic E-state index is 6.04. The van der Waals surface area contributed by atoms with E-state index >= 15 is 0 Å². The summed E-state index contributed by atoms with van der Waals surface area (Å²) in [6, 6.07) is 5.82. The van der Waals surface area contributed by atoms with Crippen molar-refractivity contribution < 1.29 is 4.74 Å². The molecule has 1 nitrogen and oxygen atoms in total. The van der Waals surface area contributed by atoms with Crippen molar-refractivity contribution in [2.24, 2.45) is 0 Å². The number of rotatable bonds is 5. The molecule has 2 rings (SSSR count). The van der Waals surface area contributed by atoms with Crippen molar-refractivity contribution in [1.82, 2.24) is 0 Å². The van der Waals surface area contributed by atoms with Crippen molar-refractivity contribution in [2.75, 3.05) is 0 Å². The predicted molar refractivity (Wildman–Crippen MR) is 73.1 cm³/mol. The fourth-order valence-corrected chi connectivity index (χ4v) is 2.92. The standard InChI is InChI=1S/C14H18Cl2O/c1-3-9(7-14-13(4-2)17-14)10-5-11(15)8-12(16)6-10/h5-6,8-9,13-14H,3-4,7H2,1-2H3. The van der Waals surface area contributed by atoms with E-state index in [9.17, 15) is 0 Å². The normalized spacial score (nSPS) is 24.7. The SMILES string of the molecule is CCC(CC1OC1CC)c1cc(Cl)cc(Cl)c1. The molecule has 1 aliphatic heterocycles. The second kappa shape index (κ2) is 5.60. The average molecular weight is 273 g/mol. The van der Waals surface area contributed by atoms with E-state index in [4.69, 9.17) is 27.9 Å². The number of benzene rings is 1. The van der Waals surface area contributed by atoms with Crippen molar-refractivity contribution >= 4 is 23.2 Å². The highest BCUT2D eigenvalue weighted by atomic mass is 35.5. The summed E-state index contributed by atoms with van der Waals surface area (Å²) in [5.41, 5.74) is 1.23. The van der Waals surface area contributed by atoms with Gasteiger partial charge in [0.2, 0.25) is 0 Å². The summed E-state index contributed by atoms with van der Waals surface area (Å²) in [5.74, 6) is 0.493. The molecule has 0 aromatic heterocycles. The Morgan fingerprint density at radius 1 is 1.12 bits per heavy atom. The maximum Gasteiger partial charge on any atom is 0.0847 e. The molecule has 94 valence electrons. The molecule has 1 heterocycles. The summed E-state index contributed by atoms with van der Waals surface area (Å²) in [7, 11) is 0. The van der Waals surface area contributed by atoms with Crippen LogP contribution in [-0.4, -0.2) is 12.2 Å². The largest absolute Gasteiger partial charge is 0.370 e. The zero-order chi connectivity index (χ0) is 12.4. The summed E-state index contributed by atoms with van der Waals surface area (Å²) in [5, 5.41) is 1.43. The molecule has 0 radical (unpaired) electrons. The minimum absolute atomic E-state index is 0.433. The van der Waals surface area contributed by atoms with Crippen LogP contribution in [0.3, 0.4) is 0 Å². The Balaban J connectivity index is 2.06. The van der Waals surface area contributed by atoms with E-state index in [1.54, 1.807) is 6.07 Å². The van der Waals surface area contributed by atoms with Gasteiger partial charge in [-0.1, -0.05) is 37.0 Å². The van der Waals surface area contributed by atoms with Gasteiger partial charge in [0.25, 0.3) is 0 Å². The Labute approximate surface area is 113 Å². The van der Waals surface area contributed by atoms with Gasteiger partial charge in [0.1, 0.15) is 0 Å². The van der Waals surface area contributed by atoms with Crippen LogP contribution in [0.2, 0.25) is 10.0 Å². The Morgan fingerprint density at radius 3 is 2.24 bits per heavy atom. The van der Waals surface area contributed by atoms with E-state index in [0.29, 0.717) is 18.1 Å². The zero-order valence-corrected chi connectivity index (χ0v) is 11.8. The van der Waals surface area contributed by atoms with Gasteiger partial charge in [0.15, 0.2) is 0 Å². The first-order chi connectivity index (χ1) is 8.13. The topological polar surface area (TPSA) is 12.5 Å². The van der Waals surface area contributed by atoms with E-state index in [-0.39, 0.29) is 0 Å². The van der Waals surface area contributed by atoms with E-state index in [0.717, 1.165) is 29.3 Å². The third-order valence-electron chi connectivity index (χ3n) is 3.46. The molecule has 17 heavy (non-hydrogen) atoms. The van der Waals surface area contributed by atoms with Gasteiger partial charge in [-0.25, -0.2) is 0 Å². The van der Waals surface area contributed by atoms with Gasteiger partial charge in [-0.15, -0.1) is 0 Å². The Morgan fingerprint density at radius 2 is 1.76 bits per heavy atom. The van der Waals surface area contributed by atoms with Crippen LogP contribution in [0.4, 0.5) is 0 Å². The van der Waals surface area contributed by atoms with E-state index in [1.807, 2.05) is 12.1 Å². The molecule has 1 aromatic rings. The highest BCUT2D eigenvalue weighted by Gasteiger charge is 2.38. The van der Waals surface area contributed by atoms with Crippen LogP contribution >= 0.6 is 23.2 Å². The third kappa shape index (κ3) is 3.37. The van der Waals surface area contributed by atoms with E-state index in [2.05, 4.69) is 13.8 Å². The molecule has 3 atom stereocenters. The van der Waals surface area contributed by atoms with Crippen LogP contribution in [0.1, 0.15) is 44.6 Å². The average Bonchev–Trinajstić information content (AvgIpc) is 3.02. The lowest BCUT2D eigenvalue weighted by molar-refractivity contribution is 0.349. The Kier molecular flexibility index (Phi) is 4.35. The van der Waals surface area contributed by atoms with Crippen LogP contribution in [0.15, 0.2) is 18.2 Å². The van der Waals surface area contributed by atoms with Crippen LogP contribution in [0.25, 0.3) is 0 Å². The predicted octanol–water partition coefficient (Wildman–Crippen LogP) is 5.05. The quantitative estimate of drug-likeness (QED) is 0.683. The molecule has 0 aliphatic carbocycles. The molecule has 1 saturated heterocycles. The van der Waals surface area contributed by atoms with Crippen LogP contribution in [0.5, 0.6) is 0 Å². The zero-order valence-electron chi connectivity index (χ0n) is 10.2. The molecular formula is C14H18Cl2O. The van der Waals surface area contributed by atoms with Gasteiger partial charge < -0.3 is 4.74 Å². The van der Waals surface area contributed by atoms with Crippen molar-refractivity contribution in [3.05, 3.63) is 33.8 Å². The van der Waals surface area contributed by atoms with Crippen molar-refractivity contribution in [3.8, 4) is 0 Å². The molecule has 3 heteroatoms. The first kappa shape index (κ1) is 13.2. The lowest BCUT2D eigenvalue weighted by Gasteiger charge is -2.15. The fourth-order valence-electron chi connectivity index (χ4n) is 2.38. The van der Waals surface area contributed by atoms with Crippen LogP contribution in [0, 0.1) is 0 Å². The molecule has 0 spiro atoms. The highest BCUT2D eigenvalue weighted by Crippen LogP contribution is 2.37. The number of ether oxygens (including phenoxy) is 1. The first-order valence-corrected chi connectivity index (χ1v) is 7.01. The number of hydrogen-bond donors (Lipinski definition) is 0. The van der Waals surface area contributed by atoms with E-state index in [1.165, 1.54) is 5.56 Å². The summed E-state index contributed by atoms with van der Waals surface area (Å²) < 4.78 is 5.61. The molecule has 3 unspecified atom stereocenters. The monoisotopic (exact) mass is 272 g/mol. The Hall–Kier alpha value is -0.240. The van der Waals surface area contributed by atoms with Gasteiger partial charge in [-0.2, -0.15) is 0 Å². The number of hydrogen-bond acceptors (Lipinski definition) is 1. The second-order valence-electron chi connectivity index (χ2n) is 4.66. The van der Waals surface area contributed by atoms with Gasteiger partial charge in [0.05, 0.1) is 12.2 Å². The highest BCUT2D eigenvalue weighted by molar-refractivity contribution is 6.34. The first-order valence-electron chi connectivity index (χ1n) is 6.25. The molecule has 0 N–H and O–H groups in total. The maximum absolute atomic E-state index is 6.04. The number of halogens is 2. The van der Waals surface area contributed by atoms with Crippen molar-refractivity contribution in [2.45, 2.75) is 51.2 Å². The molecule has 1 fully saturated rings. The summed E-state index contributed by atoms with van der Waals surface area (Å²) in [6.45, 7) is 4.37. The van der Waals surface area contributed by atoms with Gasteiger partial charge in [-0.05, 0) is 48.9 Å². The summed E-state index contributed by atoms with van der Waals surface area (Å²) >= 11 is 12.1. The van der Waals surface area contributed by atoms with Crippen molar-refractivity contribution in [1.29, 1.82) is 0 Å². The summed E-state index contributed by atoms with van der Waals surface area (Å²) in [4.78, 5) is 0. The molecule has 0 saturated carbocycles. The van der Waals surface area contributed by atoms with Gasteiger partial charge in [-0.3, -0.25) is 0 Å². The van der Waals surface area contributed by atoms with E-state index < -0.39 is 0 Å². The van der Waals surface area contributed by atoms with Crippen LogP contribution < -0.4 is 0 Å². The number of epoxide rings is 1. The van der Waals surface area contributed by atoms with Crippen LogP contribution in [-0.2, 0) is 4.74 Å². The lowest BCUT2D eigenvalue weighted by atomic mass is 9.91. The smallest absolute Gasteiger partial charge is 0.0847 e. The minimum atomic E-state index is 0.433. The van der Waals surface area contributed by atoms with Gasteiger partial charge >= 0.3 is 0 Å². The molecular weight excluding hydrogens is 255 g/mol. The summed E-state index contributed by atoms with van der Waals surface area (Å²) in [6.07, 6.45) is 4.18. The van der Waals surface area contributed by atoms with Crippen molar-refractivity contribution in [3.63, 3.8) is 0 Å². The molecule has 1 aliphatic rings. The second-order valence-corrected chi connectivity index (χ2v) is 5.54. The minimum Gasteiger partial charge on any atom is -0.370 e. The lowest BCUT2D eigenvalue weighted by Crippen LogP contribution is -2.03. The fraction of sp³-hybridized carbons (Fsp3) is 0.571. The molecule has 0 amide bonds. The third-order valence-corrected chi connectivity index (χ3v) is 3.89. The molecule has 1 aromatic carbocycles. The molecule has 0 bridgehead atoms.